The van der Waals surface area contributed by atoms with Gasteiger partial charge in [-0.15, -0.1) is 0 Å². The standard InChI is InChI=1S/C8H10N2O3S.2Na.2H/c1-6(11)10-14(12,13)8-4-2-7(9)3-5-8;;;;/h2-5H,9H2,1H3,(H,10,11);;;;/q;2*+1;2*-1. The molecule has 0 aromatic heterocycles. The fraction of sp³-hybridized carbons (Fsp3) is 0.125. The summed E-state index contributed by atoms with van der Waals surface area (Å²) in [6, 6.07) is 5.57. The van der Waals surface area contributed by atoms with Gasteiger partial charge in [-0.25, -0.2) is 13.1 Å². The monoisotopic (exact) mass is 262 g/mol. The van der Waals surface area contributed by atoms with Crippen molar-refractivity contribution in [3.63, 3.8) is 0 Å². The fourth-order valence-electron chi connectivity index (χ4n) is 0.895. The Balaban J connectivity index is -0.000000245. The van der Waals surface area contributed by atoms with E-state index in [1.54, 1.807) is 0 Å². The summed E-state index contributed by atoms with van der Waals surface area (Å²) in [5.74, 6) is -0.623. The number of nitrogens with two attached hydrogens (primary N) is 1. The number of anilines is 1. The molecule has 0 unspecified atom stereocenters. The molecule has 0 aliphatic rings. The molecule has 0 atom stereocenters. The van der Waals surface area contributed by atoms with E-state index in [4.69, 9.17) is 5.73 Å². The van der Waals surface area contributed by atoms with Gasteiger partial charge in [-0.3, -0.25) is 4.79 Å². The smallest absolute Gasteiger partial charge is 1.00 e. The van der Waals surface area contributed by atoms with Crippen LogP contribution >= 0.6 is 0 Å². The summed E-state index contributed by atoms with van der Waals surface area (Å²) < 4.78 is 24.6. The molecule has 16 heavy (non-hydrogen) atoms. The average Bonchev–Trinajstić information content (AvgIpc) is 2.02. The first kappa shape index (κ1) is 18.8. The number of benzene rings is 1. The number of carbonyl (C=O) groups is 1. The van der Waals surface area contributed by atoms with Gasteiger partial charge in [0.25, 0.3) is 10.0 Å². The maximum atomic E-state index is 11.4. The third kappa shape index (κ3) is 5.67. The fourth-order valence-corrected chi connectivity index (χ4v) is 1.89. The van der Waals surface area contributed by atoms with Crippen LogP contribution in [0.4, 0.5) is 5.69 Å². The van der Waals surface area contributed by atoms with Crippen molar-refractivity contribution in [1.82, 2.24) is 4.72 Å². The van der Waals surface area contributed by atoms with Gasteiger partial charge in [0.1, 0.15) is 0 Å². The zero-order chi connectivity index (χ0) is 10.8. The maximum absolute atomic E-state index is 11.4. The molecule has 0 fully saturated rings. The molecule has 8 heteroatoms. The van der Waals surface area contributed by atoms with Crippen LogP contribution < -0.4 is 69.6 Å². The van der Waals surface area contributed by atoms with Gasteiger partial charge >= 0.3 is 59.1 Å². The zero-order valence-electron chi connectivity index (χ0n) is 11.5. The second-order valence-corrected chi connectivity index (χ2v) is 4.41. The van der Waals surface area contributed by atoms with E-state index in [9.17, 15) is 13.2 Å². The minimum atomic E-state index is -3.73. The molecule has 80 valence electrons. The van der Waals surface area contributed by atoms with E-state index in [-0.39, 0.29) is 66.9 Å². The first-order chi connectivity index (χ1) is 6.42. The molecule has 0 aliphatic heterocycles. The van der Waals surface area contributed by atoms with Crippen molar-refractivity contribution in [3.05, 3.63) is 24.3 Å². The number of carbonyl (C=O) groups excluding carboxylic acids is 1. The van der Waals surface area contributed by atoms with Crippen LogP contribution in [-0.4, -0.2) is 14.3 Å². The van der Waals surface area contributed by atoms with E-state index < -0.39 is 15.9 Å². The quantitative estimate of drug-likeness (QED) is 0.411. The summed E-state index contributed by atoms with van der Waals surface area (Å²) in [4.78, 5) is 10.6. The summed E-state index contributed by atoms with van der Waals surface area (Å²) in [5.41, 5.74) is 5.85. The van der Waals surface area contributed by atoms with Gasteiger partial charge in [0.15, 0.2) is 0 Å². The molecule has 3 N–H and O–H groups in total. The van der Waals surface area contributed by atoms with Crippen LogP contribution in [0.15, 0.2) is 29.2 Å². The minimum absolute atomic E-state index is 0. The number of amides is 1. The minimum Gasteiger partial charge on any atom is -1.00 e. The Morgan fingerprint density at radius 3 is 2.06 bits per heavy atom. The molecule has 0 heterocycles. The van der Waals surface area contributed by atoms with Crippen molar-refractivity contribution in [2.75, 3.05) is 5.73 Å². The SMILES string of the molecule is CC(=O)NS(=O)(=O)c1ccc(N)cc1.[H-].[H-].[Na+].[Na+]. The Bertz CT molecular complexity index is 454. The molecule has 0 aliphatic carbocycles. The predicted octanol–water partition coefficient (Wildman–Crippen LogP) is -5.67. The molecule has 0 radical (unpaired) electrons. The van der Waals surface area contributed by atoms with Gasteiger partial charge in [0, 0.05) is 12.6 Å². The molecule has 0 spiro atoms. The van der Waals surface area contributed by atoms with Gasteiger partial charge < -0.3 is 8.59 Å². The molecule has 1 rings (SSSR count). The third-order valence-electron chi connectivity index (χ3n) is 1.47. The van der Waals surface area contributed by atoms with Crippen molar-refractivity contribution < 1.29 is 75.2 Å². The van der Waals surface area contributed by atoms with Crippen molar-refractivity contribution in [2.45, 2.75) is 11.8 Å². The van der Waals surface area contributed by atoms with E-state index in [1.165, 1.54) is 24.3 Å². The van der Waals surface area contributed by atoms with E-state index in [1.807, 2.05) is 4.72 Å². The number of hydrogen-bond donors (Lipinski definition) is 2. The zero-order valence-corrected chi connectivity index (χ0v) is 14.3. The number of rotatable bonds is 2. The molecule has 0 saturated carbocycles. The Kier molecular flexibility index (Phi) is 9.05. The number of nitrogen functional groups attached to an aromatic ring is 1. The molecule has 1 amide bonds. The first-order valence-corrected chi connectivity index (χ1v) is 5.29. The normalized spacial score (nSPS) is 9.56. The summed E-state index contributed by atoms with van der Waals surface area (Å²) >= 11 is 0. The van der Waals surface area contributed by atoms with Crippen LogP contribution in [0.1, 0.15) is 9.78 Å². The van der Waals surface area contributed by atoms with E-state index in [0.29, 0.717) is 5.69 Å². The molecule has 0 bridgehead atoms. The van der Waals surface area contributed by atoms with Crippen LogP contribution in [-0.2, 0) is 14.8 Å². The molecular formula is C8H12N2Na2O3S. The summed E-state index contributed by atoms with van der Waals surface area (Å²) in [5, 5.41) is 0. The van der Waals surface area contributed by atoms with Crippen LogP contribution in [0, 0.1) is 0 Å². The topological polar surface area (TPSA) is 89.3 Å². The van der Waals surface area contributed by atoms with Gasteiger partial charge in [-0.05, 0) is 24.3 Å². The molecule has 1 aromatic carbocycles. The Hall–Kier alpha value is 0.440. The van der Waals surface area contributed by atoms with Crippen LogP contribution in [0.5, 0.6) is 0 Å². The average molecular weight is 262 g/mol. The predicted molar refractivity (Wildman–Crippen MR) is 54.1 cm³/mol. The van der Waals surface area contributed by atoms with Gasteiger partial charge in [-0.2, -0.15) is 0 Å². The first-order valence-electron chi connectivity index (χ1n) is 3.81. The van der Waals surface area contributed by atoms with Crippen LogP contribution in [0.3, 0.4) is 0 Å². The molecule has 0 saturated heterocycles. The molecule has 1 aromatic rings. The molecular weight excluding hydrogens is 250 g/mol. The summed E-state index contributed by atoms with van der Waals surface area (Å²) in [7, 11) is -3.73. The van der Waals surface area contributed by atoms with Gasteiger partial charge in [0.05, 0.1) is 4.90 Å². The largest absolute Gasteiger partial charge is 1.00 e. The van der Waals surface area contributed by atoms with Crippen molar-refractivity contribution in [2.24, 2.45) is 0 Å². The maximum Gasteiger partial charge on any atom is 1.00 e. The second-order valence-electron chi connectivity index (χ2n) is 2.73. The van der Waals surface area contributed by atoms with Gasteiger partial charge in [-0.1, -0.05) is 0 Å². The Labute approximate surface area is 142 Å². The van der Waals surface area contributed by atoms with Gasteiger partial charge in [0.2, 0.25) is 5.91 Å². The Morgan fingerprint density at radius 1 is 1.25 bits per heavy atom. The Morgan fingerprint density at radius 2 is 1.69 bits per heavy atom. The number of hydrogen-bond acceptors (Lipinski definition) is 4. The summed E-state index contributed by atoms with van der Waals surface area (Å²) in [6.45, 7) is 1.13. The van der Waals surface area contributed by atoms with E-state index in [2.05, 4.69) is 0 Å². The van der Waals surface area contributed by atoms with E-state index in [0.717, 1.165) is 6.92 Å². The van der Waals surface area contributed by atoms with Crippen LogP contribution in [0.25, 0.3) is 0 Å². The van der Waals surface area contributed by atoms with Crippen molar-refractivity contribution in [3.8, 4) is 0 Å². The molecule has 5 nitrogen and oxygen atoms in total. The van der Waals surface area contributed by atoms with E-state index >= 15 is 0 Å². The summed E-state index contributed by atoms with van der Waals surface area (Å²) in [6.07, 6.45) is 0. The van der Waals surface area contributed by atoms with Crippen molar-refractivity contribution >= 4 is 21.6 Å². The second kappa shape index (κ2) is 7.71. The van der Waals surface area contributed by atoms with Crippen molar-refractivity contribution in [1.29, 1.82) is 0 Å². The number of sulfonamides is 1. The third-order valence-corrected chi connectivity index (χ3v) is 2.92. The van der Waals surface area contributed by atoms with Crippen LogP contribution in [0.2, 0.25) is 0 Å². The number of nitrogens with one attached hydrogen (secondary N) is 1.